The van der Waals surface area contributed by atoms with Crippen LogP contribution in [-0.4, -0.2) is 25.6 Å². The molecule has 2 aromatic carbocycles. The van der Waals surface area contributed by atoms with E-state index in [0.717, 1.165) is 41.2 Å². The van der Waals surface area contributed by atoms with Gasteiger partial charge in [0, 0.05) is 17.2 Å². The highest BCUT2D eigenvalue weighted by atomic mass is 16.5. The Labute approximate surface area is 168 Å². The molecule has 2 rings (SSSR count). The molecule has 4 nitrogen and oxygen atoms in total. The Morgan fingerprint density at radius 2 is 1.50 bits per heavy atom. The molecule has 0 atom stereocenters. The number of ether oxygens (including phenoxy) is 3. The molecule has 0 bridgehead atoms. The lowest BCUT2D eigenvalue weighted by Crippen LogP contribution is -2.01. The monoisotopic (exact) mass is 382 g/mol. The van der Waals surface area contributed by atoms with Crippen LogP contribution in [0.5, 0.6) is 17.2 Å². The van der Waals surface area contributed by atoms with Crippen molar-refractivity contribution >= 4 is 11.9 Å². The van der Waals surface area contributed by atoms with Crippen molar-refractivity contribution in [2.24, 2.45) is 0 Å². The van der Waals surface area contributed by atoms with Gasteiger partial charge in [-0.1, -0.05) is 13.3 Å². The molecular formula is C24H30O4. The predicted molar refractivity (Wildman–Crippen MR) is 114 cm³/mol. The molecule has 0 aliphatic heterocycles. The van der Waals surface area contributed by atoms with Gasteiger partial charge < -0.3 is 14.2 Å². The Kier molecular flexibility index (Phi) is 8.60. The van der Waals surface area contributed by atoms with E-state index in [-0.39, 0.29) is 5.78 Å². The summed E-state index contributed by atoms with van der Waals surface area (Å²) in [5.41, 5.74) is 2.63. The first-order valence-corrected chi connectivity index (χ1v) is 10.0. The molecule has 0 unspecified atom stereocenters. The quantitative estimate of drug-likeness (QED) is 0.368. The van der Waals surface area contributed by atoms with E-state index in [1.54, 1.807) is 18.2 Å². The van der Waals surface area contributed by atoms with Crippen molar-refractivity contribution in [2.45, 2.75) is 40.5 Å². The lowest BCUT2D eigenvalue weighted by atomic mass is 10.0. The van der Waals surface area contributed by atoms with E-state index >= 15 is 0 Å². The second-order valence-corrected chi connectivity index (χ2v) is 6.27. The van der Waals surface area contributed by atoms with Crippen molar-refractivity contribution in [2.75, 3.05) is 19.8 Å². The number of hydrogen-bond acceptors (Lipinski definition) is 4. The zero-order chi connectivity index (χ0) is 20.4. The van der Waals surface area contributed by atoms with E-state index in [1.165, 1.54) is 0 Å². The highest BCUT2D eigenvalue weighted by Gasteiger charge is 2.11. The second-order valence-electron chi connectivity index (χ2n) is 6.27. The summed E-state index contributed by atoms with van der Waals surface area (Å²) >= 11 is 0. The van der Waals surface area contributed by atoms with E-state index in [4.69, 9.17) is 14.2 Å². The van der Waals surface area contributed by atoms with Gasteiger partial charge in [0.25, 0.3) is 0 Å². The number of carbonyl (C=O) groups excluding carboxylic acids is 1. The first-order chi connectivity index (χ1) is 13.6. The van der Waals surface area contributed by atoms with Crippen molar-refractivity contribution < 1.29 is 19.0 Å². The van der Waals surface area contributed by atoms with Crippen LogP contribution < -0.4 is 14.2 Å². The minimum atomic E-state index is -0.0589. The lowest BCUT2D eigenvalue weighted by Gasteiger charge is -2.15. The molecule has 0 saturated carbocycles. The Bertz CT molecular complexity index is 791. The third kappa shape index (κ3) is 5.88. The van der Waals surface area contributed by atoms with Crippen LogP contribution in [0.25, 0.3) is 6.08 Å². The molecule has 150 valence electrons. The van der Waals surface area contributed by atoms with Gasteiger partial charge in [-0.3, -0.25) is 4.79 Å². The van der Waals surface area contributed by atoms with Gasteiger partial charge >= 0.3 is 0 Å². The van der Waals surface area contributed by atoms with Gasteiger partial charge in [0.1, 0.15) is 17.2 Å². The fourth-order valence-electron chi connectivity index (χ4n) is 2.93. The maximum absolute atomic E-state index is 12.5. The van der Waals surface area contributed by atoms with Gasteiger partial charge in [0.05, 0.1) is 19.8 Å². The Balaban J connectivity index is 2.28. The number of allylic oxidation sites excluding steroid dienone is 1. The summed E-state index contributed by atoms with van der Waals surface area (Å²) in [7, 11) is 0. The third-order valence-electron chi connectivity index (χ3n) is 4.18. The van der Waals surface area contributed by atoms with Crippen LogP contribution in [-0.2, 0) is 6.42 Å². The van der Waals surface area contributed by atoms with Crippen LogP contribution in [0.3, 0.4) is 0 Å². The van der Waals surface area contributed by atoms with Gasteiger partial charge in [-0.25, -0.2) is 0 Å². The molecule has 28 heavy (non-hydrogen) atoms. The maximum atomic E-state index is 12.5. The molecule has 0 amide bonds. The topological polar surface area (TPSA) is 44.8 Å². The van der Waals surface area contributed by atoms with Crippen molar-refractivity contribution in [3.8, 4) is 17.2 Å². The van der Waals surface area contributed by atoms with E-state index in [0.29, 0.717) is 25.4 Å². The molecule has 0 spiro atoms. The van der Waals surface area contributed by atoms with E-state index in [1.807, 2.05) is 45.0 Å². The van der Waals surface area contributed by atoms with Gasteiger partial charge in [0.2, 0.25) is 0 Å². The number of benzene rings is 2. The van der Waals surface area contributed by atoms with Gasteiger partial charge in [-0.05, 0) is 75.2 Å². The summed E-state index contributed by atoms with van der Waals surface area (Å²) in [6, 6.07) is 11.2. The SMILES string of the molecule is CCCc1cc(C=CC(=O)c2ccc(OCC)cc2)c(OCC)cc1OCC. The standard InChI is InChI=1S/C24H30O4/c1-5-9-19-16-20(24(28-8-4)17-23(19)27-7-3)12-15-22(25)18-10-13-21(14-11-18)26-6-2/h10-17H,5-9H2,1-4H3. The van der Waals surface area contributed by atoms with Crippen LogP contribution in [0.1, 0.15) is 55.6 Å². The molecule has 0 N–H and O–H groups in total. The van der Waals surface area contributed by atoms with Gasteiger partial charge in [-0.15, -0.1) is 0 Å². The van der Waals surface area contributed by atoms with Crippen LogP contribution in [0.2, 0.25) is 0 Å². The third-order valence-corrected chi connectivity index (χ3v) is 4.18. The summed E-state index contributed by atoms with van der Waals surface area (Å²) in [4.78, 5) is 12.5. The molecule has 0 fully saturated rings. The predicted octanol–water partition coefficient (Wildman–Crippen LogP) is 5.73. The molecule has 4 heteroatoms. The molecule has 2 aromatic rings. The molecule has 0 saturated heterocycles. The maximum Gasteiger partial charge on any atom is 0.185 e. The Morgan fingerprint density at radius 3 is 2.11 bits per heavy atom. The summed E-state index contributed by atoms with van der Waals surface area (Å²) in [5.74, 6) is 2.28. The van der Waals surface area contributed by atoms with E-state index in [2.05, 4.69) is 13.0 Å². The molecule has 0 aliphatic rings. The largest absolute Gasteiger partial charge is 0.494 e. The van der Waals surface area contributed by atoms with Gasteiger partial charge in [-0.2, -0.15) is 0 Å². The summed E-state index contributed by atoms with van der Waals surface area (Å²) in [6.45, 7) is 9.74. The van der Waals surface area contributed by atoms with Crippen LogP contribution >= 0.6 is 0 Å². The fraction of sp³-hybridized carbons (Fsp3) is 0.375. The smallest absolute Gasteiger partial charge is 0.185 e. The normalized spacial score (nSPS) is 10.9. The zero-order valence-electron chi connectivity index (χ0n) is 17.3. The molecule has 0 aromatic heterocycles. The van der Waals surface area contributed by atoms with Crippen molar-refractivity contribution in [1.82, 2.24) is 0 Å². The average Bonchev–Trinajstić information content (AvgIpc) is 2.70. The van der Waals surface area contributed by atoms with Crippen molar-refractivity contribution in [3.63, 3.8) is 0 Å². The highest BCUT2D eigenvalue weighted by Crippen LogP contribution is 2.31. The summed E-state index contributed by atoms with van der Waals surface area (Å²) < 4.78 is 17.0. The zero-order valence-corrected chi connectivity index (χ0v) is 17.3. The highest BCUT2D eigenvalue weighted by molar-refractivity contribution is 6.07. The Morgan fingerprint density at radius 1 is 0.857 bits per heavy atom. The summed E-state index contributed by atoms with van der Waals surface area (Å²) in [6.07, 6.45) is 5.33. The molecule has 0 aliphatic carbocycles. The second kappa shape index (κ2) is 11.2. The van der Waals surface area contributed by atoms with Crippen LogP contribution in [0, 0.1) is 0 Å². The molecule has 0 heterocycles. The molecular weight excluding hydrogens is 352 g/mol. The van der Waals surface area contributed by atoms with Crippen molar-refractivity contribution in [3.05, 3.63) is 59.2 Å². The van der Waals surface area contributed by atoms with E-state index in [9.17, 15) is 4.79 Å². The number of rotatable bonds is 11. The number of aryl methyl sites for hydroxylation is 1. The molecule has 0 radical (unpaired) electrons. The first kappa shape index (κ1) is 21.5. The number of ketones is 1. The van der Waals surface area contributed by atoms with Crippen LogP contribution in [0.15, 0.2) is 42.5 Å². The number of carbonyl (C=O) groups is 1. The minimum absolute atomic E-state index is 0.0589. The Hall–Kier alpha value is -2.75. The lowest BCUT2D eigenvalue weighted by molar-refractivity contribution is 0.104. The first-order valence-electron chi connectivity index (χ1n) is 10.0. The summed E-state index contributed by atoms with van der Waals surface area (Å²) in [5, 5.41) is 0. The fourth-order valence-corrected chi connectivity index (χ4v) is 2.93. The van der Waals surface area contributed by atoms with Crippen LogP contribution in [0.4, 0.5) is 0 Å². The minimum Gasteiger partial charge on any atom is -0.494 e. The van der Waals surface area contributed by atoms with E-state index < -0.39 is 0 Å². The van der Waals surface area contributed by atoms with Crippen molar-refractivity contribution in [1.29, 1.82) is 0 Å². The van der Waals surface area contributed by atoms with Gasteiger partial charge in [0.15, 0.2) is 5.78 Å². The number of hydrogen-bond donors (Lipinski definition) is 0. The average molecular weight is 383 g/mol.